The van der Waals surface area contributed by atoms with Crippen LogP contribution in [-0.4, -0.2) is 10.9 Å². The third-order valence-electron chi connectivity index (χ3n) is 2.45. The molecule has 3 aromatic rings. The normalized spacial score (nSPS) is 10.8. The Morgan fingerprint density at radius 1 is 1.42 bits per heavy atom. The Morgan fingerprint density at radius 2 is 2.26 bits per heavy atom. The van der Waals surface area contributed by atoms with Gasteiger partial charge in [0.1, 0.15) is 10.7 Å². The van der Waals surface area contributed by atoms with Crippen LogP contribution in [0.2, 0.25) is 5.02 Å². The Balaban J connectivity index is 2.00. The van der Waals surface area contributed by atoms with Crippen molar-refractivity contribution in [3.63, 3.8) is 0 Å². The van der Waals surface area contributed by atoms with Crippen molar-refractivity contribution < 1.29 is 9.18 Å². The van der Waals surface area contributed by atoms with Gasteiger partial charge >= 0.3 is 0 Å². The van der Waals surface area contributed by atoms with Crippen LogP contribution in [-0.2, 0) is 0 Å². The van der Waals surface area contributed by atoms with Gasteiger partial charge in [0.25, 0.3) is 5.91 Å². The number of amides is 1. The molecule has 1 aromatic carbocycles. The fourth-order valence-corrected chi connectivity index (χ4v) is 3.59. The third-order valence-corrected chi connectivity index (χ3v) is 4.79. The van der Waals surface area contributed by atoms with E-state index in [1.807, 2.05) is 0 Å². The molecule has 7 heteroatoms. The van der Waals surface area contributed by atoms with Crippen molar-refractivity contribution in [2.45, 2.75) is 0 Å². The molecule has 0 radical (unpaired) electrons. The molecule has 96 valence electrons. The predicted octanol–water partition coefficient (Wildman–Crippen LogP) is 4.40. The van der Waals surface area contributed by atoms with E-state index < -0.39 is 0 Å². The second kappa shape index (κ2) is 4.88. The second-order valence-corrected chi connectivity index (χ2v) is 6.00. The largest absolute Gasteiger partial charge is 0.297 e. The SMILES string of the molecule is O=C(Nc1nccs1)c1sc2cc(F)ccc2c1Cl. The molecular weight excluding hydrogens is 307 g/mol. The molecule has 0 saturated carbocycles. The minimum Gasteiger partial charge on any atom is -0.297 e. The first kappa shape index (κ1) is 12.5. The van der Waals surface area contributed by atoms with E-state index in [0.717, 1.165) is 11.3 Å². The average Bonchev–Trinajstić information content (AvgIpc) is 2.97. The molecule has 0 bridgehead atoms. The van der Waals surface area contributed by atoms with E-state index in [1.165, 1.54) is 23.5 Å². The van der Waals surface area contributed by atoms with Crippen molar-refractivity contribution >= 4 is 55.4 Å². The van der Waals surface area contributed by atoms with Crippen LogP contribution in [0.4, 0.5) is 9.52 Å². The highest BCUT2D eigenvalue weighted by atomic mass is 35.5. The zero-order valence-electron chi connectivity index (χ0n) is 9.31. The average molecular weight is 313 g/mol. The number of hydrogen-bond donors (Lipinski definition) is 1. The summed E-state index contributed by atoms with van der Waals surface area (Å²) in [6, 6.07) is 4.26. The van der Waals surface area contributed by atoms with Crippen LogP contribution < -0.4 is 5.32 Å². The first-order valence-electron chi connectivity index (χ1n) is 5.23. The van der Waals surface area contributed by atoms with Crippen molar-refractivity contribution in [2.75, 3.05) is 5.32 Å². The maximum Gasteiger partial charge on any atom is 0.269 e. The third kappa shape index (κ3) is 2.34. The van der Waals surface area contributed by atoms with E-state index >= 15 is 0 Å². The van der Waals surface area contributed by atoms with Gasteiger partial charge in [0.2, 0.25) is 0 Å². The highest BCUT2D eigenvalue weighted by Crippen LogP contribution is 2.36. The van der Waals surface area contributed by atoms with Gasteiger partial charge in [0, 0.05) is 21.7 Å². The summed E-state index contributed by atoms with van der Waals surface area (Å²) in [5.74, 6) is -0.682. The summed E-state index contributed by atoms with van der Waals surface area (Å²) >= 11 is 8.64. The minimum absolute atomic E-state index is 0.332. The van der Waals surface area contributed by atoms with E-state index in [0.29, 0.717) is 25.1 Å². The van der Waals surface area contributed by atoms with E-state index in [1.54, 1.807) is 17.6 Å². The fourth-order valence-electron chi connectivity index (χ4n) is 1.62. The van der Waals surface area contributed by atoms with Gasteiger partial charge in [-0.1, -0.05) is 11.6 Å². The van der Waals surface area contributed by atoms with Crippen LogP contribution in [0.25, 0.3) is 10.1 Å². The smallest absolute Gasteiger partial charge is 0.269 e. The van der Waals surface area contributed by atoms with Crippen LogP contribution in [0.1, 0.15) is 9.67 Å². The van der Waals surface area contributed by atoms with Gasteiger partial charge < -0.3 is 0 Å². The Bertz CT molecular complexity index is 755. The molecule has 0 saturated heterocycles. The summed E-state index contributed by atoms with van der Waals surface area (Å²) in [5, 5.41) is 5.94. The molecule has 1 amide bonds. The van der Waals surface area contributed by atoms with E-state index in [9.17, 15) is 9.18 Å². The Kier molecular flexibility index (Phi) is 3.22. The highest BCUT2D eigenvalue weighted by molar-refractivity contribution is 7.21. The Morgan fingerprint density at radius 3 is 3.00 bits per heavy atom. The zero-order chi connectivity index (χ0) is 13.4. The van der Waals surface area contributed by atoms with Crippen molar-refractivity contribution in [3.05, 3.63) is 45.5 Å². The van der Waals surface area contributed by atoms with Crippen LogP contribution >= 0.6 is 34.3 Å². The summed E-state index contributed by atoms with van der Waals surface area (Å²) < 4.78 is 13.8. The van der Waals surface area contributed by atoms with Gasteiger partial charge in [-0.3, -0.25) is 10.1 Å². The number of carbonyl (C=O) groups excluding carboxylic acids is 1. The molecule has 0 aliphatic heterocycles. The first-order chi connectivity index (χ1) is 9.15. The molecule has 0 fully saturated rings. The number of thiazole rings is 1. The van der Waals surface area contributed by atoms with Crippen LogP contribution in [0, 0.1) is 5.82 Å². The number of nitrogens with zero attached hydrogens (tertiary/aromatic N) is 1. The Hall–Kier alpha value is -1.50. The first-order valence-corrected chi connectivity index (χ1v) is 7.31. The fraction of sp³-hybridized carbons (Fsp3) is 0. The number of hydrogen-bond acceptors (Lipinski definition) is 4. The second-order valence-electron chi connectivity index (χ2n) is 3.68. The Labute approximate surface area is 120 Å². The van der Waals surface area contributed by atoms with Crippen molar-refractivity contribution in [3.8, 4) is 0 Å². The van der Waals surface area contributed by atoms with Crippen molar-refractivity contribution in [1.82, 2.24) is 4.98 Å². The molecule has 2 heterocycles. The van der Waals surface area contributed by atoms with Gasteiger partial charge in [0.05, 0.1) is 5.02 Å². The number of thiophene rings is 1. The van der Waals surface area contributed by atoms with Crippen molar-refractivity contribution in [2.24, 2.45) is 0 Å². The van der Waals surface area contributed by atoms with Gasteiger partial charge in [-0.2, -0.15) is 0 Å². The summed E-state index contributed by atoms with van der Waals surface area (Å²) in [5.41, 5.74) is 0. The molecule has 19 heavy (non-hydrogen) atoms. The van der Waals surface area contributed by atoms with E-state index in [-0.39, 0.29) is 11.7 Å². The lowest BCUT2D eigenvalue weighted by molar-refractivity contribution is 0.103. The molecule has 3 rings (SSSR count). The molecule has 0 spiro atoms. The lowest BCUT2D eigenvalue weighted by Gasteiger charge is -1.98. The molecule has 2 aromatic heterocycles. The summed E-state index contributed by atoms with van der Waals surface area (Å²) in [4.78, 5) is 16.4. The summed E-state index contributed by atoms with van der Waals surface area (Å²) in [6.07, 6.45) is 1.60. The number of anilines is 1. The molecule has 0 aliphatic rings. The number of nitrogens with one attached hydrogen (secondary N) is 1. The van der Waals surface area contributed by atoms with Gasteiger partial charge in [-0.15, -0.1) is 22.7 Å². The number of rotatable bonds is 2. The molecule has 0 atom stereocenters. The van der Waals surface area contributed by atoms with Gasteiger partial charge in [-0.05, 0) is 18.2 Å². The summed E-state index contributed by atoms with van der Waals surface area (Å²) in [6.45, 7) is 0. The molecular formula is C12H6ClFN2OS2. The number of carbonyl (C=O) groups is 1. The molecule has 1 N–H and O–H groups in total. The van der Waals surface area contributed by atoms with Crippen LogP contribution in [0.3, 0.4) is 0 Å². The standard InChI is InChI=1S/C12H6ClFN2OS2/c13-9-7-2-1-6(14)5-8(7)19-10(9)11(17)16-12-15-3-4-18-12/h1-5H,(H,15,16,17). The monoisotopic (exact) mass is 312 g/mol. The predicted molar refractivity (Wildman–Crippen MR) is 76.9 cm³/mol. The van der Waals surface area contributed by atoms with Crippen LogP contribution in [0.15, 0.2) is 29.8 Å². The van der Waals surface area contributed by atoms with Gasteiger partial charge in [-0.25, -0.2) is 9.37 Å². The molecule has 3 nitrogen and oxygen atoms in total. The van der Waals surface area contributed by atoms with Crippen LogP contribution in [0.5, 0.6) is 0 Å². The highest BCUT2D eigenvalue weighted by Gasteiger charge is 2.18. The quantitative estimate of drug-likeness (QED) is 0.762. The number of benzene rings is 1. The lowest BCUT2D eigenvalue weighted by atomic mass is 10.2. The number of aromatic nitrogens is 1. The maximum atomic E-state index is 13.1. The number of halogens is 2. The molecule has 0 unspecified atom stereocenters. The molecule has 0 aliphatic carbocycles. The maximum absolute atomic E-state index is 13.1. The van der Waals surface area contributed by atoms with E-state index in [2.05, 4.69) is 10.3 Å². The van der Waals surface area contributed by atoms with Gasteiger partial charge in [0.15, 0.2) is 5.13 Å². The van der Waals surface area contributed by atoms with Crippen molar-refractivity contribution in [1.29, 1.82) is 0 Å². The number of fused-ring (bicyclic) bond motifs is 1. The summed E-state index contributed by atoms with van der Waals surface area (Å²) in [7, 11) is 0. The lowest BCUT2D eigenvalue weighted by Crippen LogP contribution is -2.10. The zero-order valence-corrected chi connectivity index (χ0v) is 11.7. The van der Waals surface area contributed by atoms with E-state index in [4.69, 9.17) is 11.6 Å². The minimum atomic E-state index is -0.350. The topological polar surface area (TPSA) is 42.0 Å².